The standard InChI is InChI=1S/C26H22N2O8S/c1-32-14-7-8-15-19(12-14)37-26(27-15)28-21(13-10-17(33-2)24(35-4)18(11-13)34-3)20(23(30)25(28)31)22(29)16-6-5-9-36-16/h5-12,21,30H,1-4H3/t21-/m1/s1. The highest BCUT2D eigenvalue weighted by Gasteiger charge is 2.47. The number of anilines is 1. The Morgan fingerprint density at radius 3 is 2.35 bits per heavy atom. The van der Waals surface area contributed by atoms with Crippen molar-refractivity contribution in [3.8, 4) is 23.0 Å². The molecule has 0 saturated heterocycles. The van der Waals surface area contributed by atoms with Crippen LogP contribution in [0.15, 0.2) is 64.5 Å². The van der Waals surface area contributed by atoms with Crippen LogP contribution >= 0.6 is 11.3 Å². The van der Waals surface area contributed by atoms with E-state index in [4.69, 9.17) is 23.4 Å². The van der Waals surface area contributed by atoms with Crippen molar-refractivity contribution in [2.45, 2.75) is 6.04 Å². The number of amides is 1. The Kier molecular flexibility index (Phi) is 6.22. The molecule has 5 rings (SSSR count). The molecule has 0 radical (unpaired) electrons. The highest BCUT2D eigenvalue weighted by molar-refractivity contribution is 7.22. The molecule has 1 aliphatic rings. The number of hydrogen-bond acceptors (Lipinski definition) is 10. The zero-order chi connectivity index (χ0) is 26.3. The molecule has 0 fully saturated rings. The number of carbonyl (C=O) groups excluding carboxylic acids is 2. The number of benzene rings is 2. The Morgan fingerprint density at radius 1 is 1.03 bits per heavy atom. The second-order valence-electron chi connectivity index (χ2n) is 7.94. The lowest BCUT2D eigenvalue weighted by atomic mass is 9.94. The molecule has 1 aliphatic heterocycles. The summed E-state index contributed by atoms with van der Waals surface area (Å²) < 4.78 is 27.8. The maximum absolute atomic E-state index is 13.5. The lowest BCUT2D eigenvalue weighted by Gasteiger charge is -2.25. The molecule has 4 aromatic rings. The largest absolute Gasteiger partial charge is 0.503 e. The van der Waals surface area contributed by atoms with Gasteiger partial charge in [0.05, 0.1) is 56.5 Å². The van der Waals surface area contributed by atoms with Crippen LogP contribution in [0, 0.1) is 0 Å². The van der Waals surface area contributed by atoms with Crippen molar-refractivity contribution >= 4 is 38.4 Å². The lowest BCUT2D eigenvalue weighted by Crippen LogP contribution is -2.31. The van der Waals surface area contributed by atoms with Gasteiger partial charge in [-0.2, -0.15) is 0 Å². The van der Waals surface area contributed by atoms with Gasteiger partial charge in [-0.25, -0.2) is 4.98 Å². The molecular formula is C26H22N2O8S. The summed E-state index contributed by atoms with van der Waals surface area (Å²) in [5, 5.41) is 11.3. The van der Waals surface area contributed by atoms with Crippen LogP contribution in [0.3, 0.4) is 0 Å². The number of methoxy groups -OCH3 is 4. The average Bonchev–Trinajstić information content (AvgIpc) is 3.65. The monoisotopic (exact) mass is 522 g/mol. The predicted octanol–water partition coefficient (Wildman–Crippen LogP) is 4.71. The molecule has 11 heteroatoms. The minimum absolute atomic E-state index is 0.0253. The summed E-state index contributed by atoms with van der Waals surface area (Å²) in [7, 11) is 5.95. The first-order chi connectivity index (χ1) is 17.9. The molecule has 2 aromatic heterocycles. The highest BCUT2D eigenvalue weighted by atomic mass is 32.1. The zero-order valence-electron chi connectivity index (χ0n) is 20.3. The van der Waals surface area contributed by atoms with E-state index in [0.717, 1.165) is 4.70 Å². The number of aromatic nitrogens is 1. The van der Waals surface area contributed by atoms with Gasteiger partial charge in [0.25, 0.3) is 5.91 Å². The summed E-state index contributed by atoms with van der Waals surface area (Å²) in [5.41, 5.74) is 0.896. The van der Waals surface area contributed by atoms with Gasteiger partial charge in [0, 0.05) is 0 Å². The third-order valence-corrected chi connectivity index (χ3v) is 7.01. The van der Waals surface area contributed by atoms with Gasteiger partial charge >= 0.3 is 0 Å². The second-order valence-corrected chi connectivity index (χ2v) is 8.94. The number of aliphatic hydroxyl groups excluding tert-OH is 1. The smallest absolute Gasteiger partial charge is 0.296 e. The molecule has 0 unspecified atom stereocenters. The molecule has 0 spiro atoms. The van der Waals surface area contributed by atoms with E-state index in [0.29, 0.717) is 34.1 Å². The van der Waals surface area contributed by atoms with Crippen LogP contribution in [0.4, 0.5) is 5.13 Å². The van der Waals surface area contributed by atoms with Gasteiger partial charge in [0.15, 0.2) is 28.1 Å². The molecule has 1 atom stereocenters. The Morgan fingerprint density at radius 2 is 1.76 bits per heavy atom. The van der Waals surface area contributed by atoms with E-state index in [9.17, 15) is 14.7 Å². The van der Waals surface area contributed by atoms with E-state index in [1.54, 1.807) is 43.5 Å². The molecular weight excluding hydrogens is 500 g/mol. The van der Waals surface area contributed by atoms with Gasteiger partial charge in [0.1, 0.15) is 5.75 Å². The van der Waals surface area contributed by atoms with Crippen molar-refractivity contribution in [3.63, 3.8) is 0 Å². The van der Waals surface area contributed by atoms with Gasteiger partial charge in [-0.05, 0) is 48.0 Å². The maximum atomic E-state index is 13.5. The molecule has 10 nitrogen and oxygen atoms in total. The number of thiazole rings is 1. The normalized spacial score (nSPS) is 15.4. The molecule has 0 saturated carbocycles. The van der Waals surface area contributed by atoms with Crippen molar-refractivity contribution < 1.29 is 38.1 Å². The van der Waals surface area contributed by atoms with E-state index in [1.807, 2.05) is 0 Å². The first kappa shape index (κ1) is 24.2. The molecule has 37 heavy (non-hydrogen) atoms. The lowest BCUT2D eigenvalue weighted by molar-refractivity contribution is -0.117. The summed E-state index contributed by atoms with van der Waals surface area (Å²) in [6.45, 7) is 0. The minimum atomic E-state index is -1.07. The van der Waals surface area contributed by atoms with Crippen molar-refractivity contribution in [3.05, 3.63) is 71.4 Å². The number of rotatable bonds is 8. The zero-order valence-corrected chi connectivity index (χ0v) is 21.1. The Labute approximate surface area is 215 Å². The molecule has 0 bridgehead atoms. The van der Waals surface area contributed by atoms with Crippen molar-refractivity contribution in [1.29, 1.82) is 0 Å². The van der Waals surface area contributed by atoms with Crippen molar-refractivity contribution in [2.75, 3.05) is 33.3 Å². The van der Waals surface area contributed by atoms with E-state index in [-0.39, 0.29) is 16.5 Å². The van der Waals surface area contributed by atoms with Crippen LogP contribution in [0.2, 0.25) is 0 Å². The minimum Gasteiger partial charge on any atom is -0.503 e. The van der Waals surface area contributed by atoms with Crippen LogP contribution in [0.1, 0.15) is 22.2 Å². The first-order valence-electron chi connectivity index (χ1n) is 11.0. The topological polar surface area (TPSA) is 121 Å². The third kappa shape index (κ3) is 3.93. The number of nitrogens with zero attached hydrogens (tertiary/aromatic N) is 2. The van der Waals surface area contributed by atoms with E-state index < -0.39 is 23.5 Å². The summed E-state index contributed by atoms with van der Waals surface area (Å²) in [4.78, 5) is 32.9. The van der Waals surface area contributed by atoms with Gasteiger partial charge in [-0.1, -0.05) is 11.3 Å². The van der Waals surface area contributed by atoms with Gasteiger partial charge in [-0.3, -0.25) is 14.5 Å². The average molecular weight is 523 g/mol. The van der Waals surface area contributed by atoms with E-state index >= 15 is 0 Å². The number of furan rings is 1. The summed E-state index contributed by atoms with van der Waals surface area (Å²) in [6, 6.07) is 10.5. The van der Waals surface area contributed by atoms with E-state index in [2.05, 4.69) is 4.98 Å². The van der Waals surface area contributed by atoms with Gasteiger partial charge in [0.2, 0.25) is 11.5 Å². The maximum Gasteiger partial charge on any atom is 0.296 e. The molecule has 1 amide bonds. The summed E-state index contributed by atoms with van der Waals surface area (Å²) in [5.74, 6) is -0.543. The fourth-order valence-corrected chi connectivity index (χ4v) is 5.29. The predicted molar refractivity (Wildman–Crippen MR) is 135 cm³/mol. The second kappa shape index (κ2) is 9.51. The molecule has 3 heterocycles. The fraction of sp³-hybridized carbons (Fsp3) is 0.192. The Bertz CT molecular complexity index is 1510. The van der Waals surface area contributed by atoms with Gasteiger partial charge < -0.3 is 28.5 Å². The molecule has 0 aliphatic carbocycles. The van der Waals surface area contributed by atoms with Crippen LogP contribution in [0.5, 0.6) is 23.0 Å². The number of fused-ring (bicyclic) bond motifs is 1. The molecule has 190 valence electrons. The molecule has 1 N–H and O–H groups in total. The van der Waals surface area contributed by atoms with E-state index in [1.165, 1.54) is 49.9 Å². The number of Topliss-reactive ketones (excluding diaryl/α,β-unsaturated/α-hetero) is 1. The third-order valence-electron chi connectivity index (χ3n) is 5.99. The first-order valence-corrected chi connectivity index (χ1v) is 11.8. The SMILES string of the molecule is COc1ccc2nc(N3C(=O)C(O)=C(C(=O)c4ccco4)[C@H]3c3cc(OC)c(OC)c(OC)c3)sc2c1. The number of ketones is 1. The van der Waals surface area contributed by atoms with Crippen LogP contribution < -0.4 is 23.8 Å². The number of ether oxygens (including phenoxy) is 4. The highest BCUT2D eigenvalue weighted by Crippen LogP contribution is 2.48. The van der Waals surface area contributed by atoms with Crippen LogP contribution in [-0.4, -0.2) is 50.2 Å². The Balaban J connectivity index is 1.73. The van der Waals surface area contributed by atoms with Crippen molar-refractivity contribution in [1.82, 2.24) is 4.98 Å². The van der Waals surface area contributed by atoms with Crippen LogP contribution in [0.25, 0.3) is 10.2 Å². The number of aliphatic hydroxyl groups is 1. The Hall–Kier alpha value is -4.51. The van der Waals surface area contributed by atoms with Crippen molar-refractivity contribution in [2.24, 2.45) is 0 Å². The molecule has 2 aromatic carbocycles. The number of carbonyl (C=O) groups is 2. The van der Waals surface area contributed by atoms with Gasteiger partial charge in [-0.15, -0.1) is 0 Å². The summed E-state index contributed by atoms with van der Waals surface area (Å²) >= 11 is 1.22. The van der Waals surface area contributed by atoms with Crippen LogP contribution in [-0.2, 0) is 4.79 Å². The quantitative estimate of drug-likeness (QED) is 0.328. The fourth-order valence-electron chi connectivity index (χ4n) is 4.27. The number of hydrogen-bond donors (Lipinski definition) is 1. The summed E-state index contributed by atoms with van der Waals surface area (Å²) in [6.07, 6.45) is 1.34.